The van der Waals surface area contributed by atoms with Crippen molar-refractivity contribution in [1.82, 2.24) is 4.90 Å². The van der Waals surface area contributed by atoms with Gasteiger partial charge in [0.1, 0.15) is 0 Å². The van der Waals surface area contributed by atoms with Crippen molar-refractivity contribution in [2.24, 2.45) is 0 Å². The highest BCUT2D eigenvalue weighted by Crippen LogP contribution is 1.97. The van der Waals surface area contributed by atoms with E-state index in [1.54, 1.807) is 4.90 Å². The summed E-state index contributed by atoms with van der Waals surface area (Å²) in [7, 11) is 1.86. The average molecular weight is 156 g/mol. The molecule has 0 bridgehead atoms. The number of amides is 1. The van der Waals surface area contributed by atoms with Crippen LogP contribution in [-0.4, -0.2) is 24.4 Å². The SMILES string of the molecule is [CH2]CCCCN(C)C(=O)CC. The Labute approximate surface area is 69.6 Å². The number of carbonyl (C=O) groups excluding carboxylic acids is 1. The minimum absolute atomic E-state index is 0.231. The van der Waals surface area contributed by atoms with Crippen LogP contribution in [0.3, 0.4) is 0 Å². The van der Waals surface area contributed by atoms with Gasteiger partial charge in [-0.3, -0.25) is 4.79 Å². The first-order valence-electron chi connectivity index (χ1n) is 4.25. The van der Waals surface area contributed by atoms with Crippen molar-refractivity contribution in [3.8, 4) is 0 Å². The topological polar surface area (TPSA) is 20.3 Å². The molecule has 0 aliphatic rings. The largest absolute Gasteiger partial charge is 0.346 e. The maximum Gasteiger partial charge on any atom is 0.222 e. The zero-order valence-electron chi connectivity index (χ0n) is 7.60. The third-order valence-electron chi connectivity index (χ3n) is 1.72. The molecule has 0 aromatic rings. The van der Waals surface area contributed by atoms with E-state index in [1.165, 1.54) is 0 Å². The molecule has 0 aromatic heterocycles. The fraction of sp³-hybridized carbons (Fsp3) is 0.778. The van der Waals surface area contributed by atoms with Crippen LogP contribution in [-0.2, 0) is 4.79 Å². The van der Waals surface area contributed by atoms with Gasteiger partial charge in [0, 0.05) is 20.0 Å². The van der Waals surface area contributed by atoms with Crippen LogP contribution in [0.25, 0.3) is 0 Å². The minimum atomic E-state index is 0.231. The van der Waals surface area contributed by atoms with E-state index in [0.717, 1.165) is 25.8 Å². The second-order valence-corrected chi connectivity index (χ2v) is 2.73. The molecule has 2 nitrogen and oxygen atoms in total. The molecule has 0 saturated carbocycles. The molecule has 65 valence electrons. The smallest absolute Gasteiger partial charge is 0.222 e. The van der Waals surface area contributed by atoms with Crippen LogP contribution >= 0.6 is 0 Å². The summed E-state index contributed by atoms with van der Waals surface area (Å²) in [5.41, 5.74) is 0. The van der Waals surface area contributed by atoms with E-state index in [2.05, 4.69) is 6.92 Å². The molecule has 0 N–H and O–H groups in total. The number of nitrogens with zero attached hydrogens (tertiary/aromatic N) is 1. The summed E-state index contributed by atoms with van der Waals surface area (Å²) >= 11 is 0. The van der Waals surface area contributed by atoms with Gasteiger partial charge in [0.25, 0.3) is 0 Å². The summed E-state index contributed by atoms with van der Waals surface area (Å²) in [6.07, 6.45) is 3.77. The second-order valence-electron chi connectivity index (χ2n) is 2.73. The van der Waals surface area contributed by atoms with E-state index in [9.17, 15) is 4.79 Å². The van der Waals surface area contributed by atoms with Crippen LogP contribution in [0.4, 0.5) is 0 Å². The molecule has 0 unspecified atom stereocenters. The predicted octanol–water partition coefficient (Wildman–Crippen LogP) is 1.86. The maximum absolute atomic E-state index is 11.0. The molecular weight excluding hydrogens is 138 g/mol. The van der Waals surface area contributed by atoms with E-state index >= 15 is 0 Å². The van der Waals surface area contributed by atoms with Crippen molar-refractivity contribution >= 4 is 5.91 Å². The molecule has 0 fully saturated rings. The summed E-state index contributed by atoms with van der Waals surface area (Å²) in [6.45, 7) is 6.51. The van der Waals surface area contributed by atoms with Crippen LogP contribution < -0.4 is 0 Å². The van der Waals surface area contributed by atoms with Crippen molar-refractivity contribution in [3.05, 3.63) is 6.92 Å². The zero-order valence-corrected chi connectivity index (χ0v) is 7.60. The number of hydrogen-bond donors (Lipinski definition) is 0. The van der Waals surface area contributed by atoms with E-state index < -0.39 is 0 Å². The number of hydrogen-bond acceptors (Lipinski definition) is 1. The van der Waals surface area contributed by atoms with Crippen LogP contribution in [0.15, 0.2) is 0 Å². The molecular formula is C9H18NO. The van der Waals surface area contributed by atoms with Crippen molar-refractivity contribution in [2.75, 3.05) is 13.6 Å². The Morgan fingerprint density at radius 1 is 1.45 bits per heavy atom. The van der Waals surface area contributed by atoms with Gasteiger partial charge in [0.05, 0.1) is 0 Å². The summed E-state index contributed by atoms with van der Waals surface area (Å²) in [4.78, 5) is 12.8. The second kappa shape index (κ2) is 6.20. The summed E-state index contributed by atoms with van der Waals surface area (Å²) in [6, 6.07) is 0. The molecule has 11 heavy (non-hydrogen) atoms. The highest BCUT2D eigenvalue weighted by molar-refractivity contribution is 5.75. The lowest BCUT2D eigenvalue weighted by Gasteiger charge is -2.15. The number of unbranched alkanes of at least 4 members (excludes halogenated alkanes) is 2. The highest BCUT2D eigenvalue weighted by atomic mass is 16.2. The van der Waals surface area contributed by atoms with Gasteiger partial charge in [0.15, 0.2) is 0 Å². The summed E-state index contributed by atoms with van der Waals surface area (Å²) in [5.74, 6) is 0.231. The van der Waals surface area contributed by atoms with E-state index in [4.69, 9.17) is 0 Å². The lowest BCUT2D eigenvalue weighted by Crippen LogP contribution is -2.26. The lowest BCUT2D eigenvalue weighted by molar-refractivity contribution is -0.129. The zero-order chi connectivity index (χ0) is 8.69. The molecule has 0 aliphatic carbocycles. The standard InChI is InChI=1S/C9H18NO/c1-4-6-7-8-10(3)9(11)5-2/h1,4-8H2,2-3H3. The highest BCUT2D eigenvalue weighted by Gasteiger charge is 2.03. The van der Waals surface area contributed by atoms with Crippen molar-refractivity contribution in [3.63, 3.8) is 0 Å². The molecule has 0 spiro atoms. The molecule has 0 heterocycles. The van der Waals surface area contributed by atoms with Crippen molar-refractivity contribution < 1.29 is 4.79 Å². The Morgan fingerprint density at radius 2 is 2.09 bits per heavy atom. The Bertz CT molecular complexity index is 112. The van der Waals surface area contributed by atoms with E-state index in [-0.39, 0.29) is 5.91 Å². The van der Waals surface area contributed by atoms with Crippen LogP contribution in [0.2, 0.25) is 0 Å². The lowest BCUT2D eigenvalue weighted by atomic mass is 10.2. The summed E-state index contributed by atoms with van der Waals surface area (Å²) < 4.78 is 0. The van der Waals surface area contributed by atoms with Gasteiger partial charge in [-0.1, -0.05) is 26.7 Å². The quantitative estimate of drug-likeness (QED) is 0.556. The first kappa shape index (κ1) is 10.5. The van der Waals surface area contributed by atoms with Crippen LogP contribution in [0.1, 0.15) is 32.6 Å². The maximum atomic E-state index is 11.0. The van der Waals surface area contributed by atoms with E-state index in [0.29, 0.717) is 6.42 Å². The molecule has 0 saturated heterocycles. The van der Waals surface area contributed by atoms with Gasteiger partial charge in [-0.15, -0.1) is 0 Å². The fourth-order valence-electron chi connectivity index (χ4n) is 0.920. The number of carbonyl (C=O) groups is 1. The van der Waals surface area contributed by atoms with Gasteiger partial charge < -0.3 is 4.90 Å². The normalized spacial score (nSPS) is 9.73. The van der Waals surface area contributed by atoms with Crippen LogP contribution in [0.5, 0.6) is 0 Å². The monoisotopic (exact) mass is 156 g/mol. The summed E-state index contributed by atoms with van der Waals surface area (Å²) in [5, 5.41) is 0. The first-order valence-corrected chi connectivity index (χ1v) is 4.25. The first-order chi connectivity index (χ1) is 5.22. The average Bonchev–Trinajstić information content (AvgIpc) is 2.03. The Balaban J connectivity index is 3.36. The molecule has 0 aromatic carbocycles. The van der Waals surface area contributed by atoms with Crippen LogP contribution in [0, 0.1) is 6.92 Å². The van der Waals surface area contributed by atoms with Crippen molar-refractivity contribution in [2.45, 2.75) is 32.6 Å². The van der Waals surface area contributed by atoms with Gasteiger partial charge in [-0.2, -0.15) is 0 Å². The third-order valence-corrected chi connectivity index (χ3v) is 1.72. The molecule has 2 heteroatoms. The molecule has 0 rings (SSSR count). The molecule has 0 atom stereocenters. The third kappa shape index (κ3) is 4.82. The van der Waals surface area contributed by atoms with Gasteiger partial charge in [0.2, 0.25) is 5.91 Å². The minimum Gasteiger partial charge on any atom is -0.346 e. The predicted molar refractivity (Wildman–Crippen MR) is 47.1 cm³/mol. The number of rotatable bonds is 5. The molecule has 1 radical (unpaired) electrons. The van der Waals surface area contributed by atoms with E-state index in [1.807, 2.05) is 14.0 Å². The fourth-order valence-corrected chi connectivity index (χ4v) is 0.920. The molecule has 0 aliphatic heterocycles. The van der Waals surface area contributed by atoms with Crippen molar-refractivity contribution in [1.29, 1.82) is 0 Å². The Hall–Kier alpha value is -0.530. The van der Waals surface area contributed by atoms with Gasteiger partial charge in [-0.25, -0.2) is 0 Å². The Morgan fingerprint density at radius 3 is 2.55 bits per heavy atom. The Kier molecular flexibility index (Phi) is 5.90. The van der Waals surface area contributed by atoms with Gasteiger partial charge in [-0.05, 0) is 6.42 Å². The van der Waals surface area contributed by atoms with Gasteiger partial charge >= 0.3 is 0 Å². The molecule has 1 amide bonds.